The van der Waals surface area contributed by atoms with Crippen molar-refractivity contribution in [3.05, 3.63) is 75.5 Å². The number of ether oxygens (including phenoxy) is 1. The number of nitrogens with one attached hydrogen (secondary N) is 1. The number of rotatable bonds is 4. The fraction of sp³-hybridized carbons (Fsp3) is 0.348. The summed E-state index contributed by atoms with van der Waals surface area (Å²) in [5, 5.41) is 7.99. The van der Waals surface area contributed by atoms with E-state index in [-0.39, 0.29) is 23.1 Å². The van der Waals surface area contributed by atoms with Gasteiger partial charge in [0.2, 0.25) is 0 Å². The fourth-order valence-corrected chi connectivity index (χ4v) is 4.02. The number of amides is 1. The summed E-state index contributed by atoms with van der Waals surface area (Å²) in [5.74, 6) is -0.832. The molecule has 4 rings (SSSR count). The topological polar surface area (TPSA) is 75.3 Å². The Bertz CT molecular complexity index is 1130. The van der Waals surface area contributed by atoms with Crippen LogP contribution in [0.15, 0.2) is 47.3 Å². The van der Waals surface area contributed by atoms with Gasteiger partial charge in [0.25, 0.3) is 11.5 Å². The molecule has 156 valence electrons. The van der Waals surface area contributed by atoms with E-state index in [9.17, 15) is 14.0 Å². The predicted molar refractivity (Wildman–Crippen MR) is 112 cm³/mol. The van der Waals surface area contributed by atoms with Crippen LogP contribution in [-0.2, 0) is 11.2 Å². The number of nitrogens with zero attached hydrogens (tertiary/aromatic N) is 2. The molecule has 0 spiro atoms. The van der Waals surface area contributed by atoms with Crippen molar-refractivity contribution in [2.75, 3.05) is 20.2 Å². The predicted octanol–water partition coefficient (Wildman–Crippen LogP) is 3.29. The smallest absolute Gasteiger partial charge is 0.272 e. The number of halogens is 1. The van der Waals surface area contributed by atoms with Crippen molar-refractivity contribution in [1.29, 1.82) is 0 Å². The van der Waals surface area contributed by atoms with Crippen molar-refractivity contribution in [3.63, 3.8) is 0 Å². The monoisotopic (exact) mass is 409 g/mol. The number of benzene rings is 2. The molecule has 1 fully saturated rings. The zero-order valence-electron chi connectivity index (χ0n) is 16.9. The van der Waals surface area contributed by atoms with Crippen molar-refractivity contribution >= 4 is 16.7 Å². The standard InChI is InChI=1S/C23H24FN3O3/c1-30-16-5-4-11-27(12-10-16)23(29)19-13-15(8-9-20(19)24)14-21-17-6-2-3-7-18(17)22(28)26-25-21/h2-3,6-9,13,16H,4-5,10-12,14H2,1H3,(H,26,28). The highest BCUT2D eigenvalue weighted by Gasteiger charge is 2.24. The van der Waals surface area contributed by atoms with Gasteiger partial charge in [-0.2, -0.15) is 5.10 Å². The lowest BCUT2D eigenvalue weighted by Gasteiger charge is -2.21. The zero-order chi connectivity index (χ0) is 21.1. The van der Waals surface area contributed by atoms with Gasteiger partial charge in [-0.1, -0.05) is 24.3 Å². The second-order valence-corrected chi connectivity index (χ2v) is 7.62. The second-order valence-electron chi connectivity index (χ2n) is 7.62. The fourth-order valence-electron chi connectivity index (χ4n) is 4.02. The van der Waals surface area contributed by atoms with Gasteiger partial charge < -0.3 is 9.64 Å². The van der Waals surface area contributed by atoms with Crippen LogP contribution in [0, 0.1) is 5.82 Å². The summed E-state index contributed by atoms with van der Waals surface area (Å²) in [6.45, 7) is 1.14. The lowest BCUT2D eigenvalue weighted by Crippen LogP contribution is -2.33. The molecule has 6 nitrogen and oxygen atoms in total. The molecule has 0 saturated carbocycles. The van der Waals surface area contributed by atoms with E-state index < -0.39 is 5.82 Å². The van der Waals surface area contributed by atoms with Gasteiger partial charge in [-0.3, -0.25) is 9.59 Å². The third kappa shape index (κ3) is 4.11. The van der Waals surface area contributed by atoms with E-state index in [1.165, 1.54) is 6.07 Å². The number of carbonyl (C=O) groups excluding carboxylic acids is 1. The summed E-state index contributed by atoms with van der Waals surface area (Å²) < 4.78 is 19.9. The number of fused-ring (bicyclic) bond motifs is 1. The normalized spacial score (nSPS) is 17.1. The summed E-state index contributed by atoms with van der Waals surface area (Å²) in [4.78, 5) is 26.7. The quantitative estimate of drug-likeness (QED) is 0.718. The van der Waals surface area contributed by atoms with Crippen LogP contribution in [0.25, 0.3) is 10.8 Å². The molecular weight excluding hydrogens is 385 g/mol. The van der Waals surface area contributed by atoms with Gasteiger partial charge in [0.15, 0.2) is 0 Å². The van der Waals surface area contributed by atoms with Crippen LogP contribution in [0.2, 0.25) is 0 Å². The van der Waals surface area contributed by atoms with E-state index in [0.717, 1.165) is 30.2 Å². The Kier molecular flexibility index (Phi) is 5.90. The van der Waals surface area contributed by atoms with Crippen molar-refractivity contribution in [3.8, 4) is 0 Å². The third-order valence-corrected chi connectivity index (χ3v) is 5.70. The molecule has 1 aliphatic heterocycles. The Balaban J connectivity index is 1.60. The molecule has 30 heavy (non-hydrogen) atoms. The number of hydrogen-bond acceptors (Lipinski definition) is 4. The minimum absolute atomic E-state index is 0.0668. The minimum atomic E-state index is -0.532. The summed E-state index contributed by atoms with van der Waals surface area (Å²) in [7, 11) is 1.68. The first-order valence-corrected chi connectivity index (χ1v) is 10.1. The summed E-state index contributed by atoms with van der Waals surface area (Å²) in [6, 6.07) is 11.8. The molecule has 1 N–H and O–H groups in total. The van der Waals surface area contributed by atoms with Crippen LogP contribution in [0.5, 0.6) is 0 Å². The average Bonchev–Trinajstić information content (AvgIpc) is 3.02. The highest BCUT2D eigenvalue weighted by molar-refractivity contribution is 5.94. The first-order chi connectivity index (χ1) is 14.6. The van der Waals surface area contributed by atoms with Gasteiger partial charge >= 0.3 is 0 Å². The molecule has 0 aliphatic carbocycles. The van der Waals surface area contributed by atoms with Crippen LogP contribution in [0.3, 0.4) is 0 Å². The number of hydrogen-bond donors (Lipinski definition) is 1. The molecule has 1 aromatic heterocycles. The molecule has 1 amide bonds. The third-order valence-electron chi connectivity index (χ3n) is 5.70. The van der Waals surface area contributed by atoms with Gasteiger partial charge in [0.05, 0.1) is 22.7 Å². The van der Waals surface area contributed by atoms with E-state index in [1.807, 2.05) is 12.1 Å². The Labute approximate surface area is 173 Å². The molecule has 1 atom stereocenters. The summed E-state index contributed by atoms with van der Waals surface area (Å²) in [6.07, 6.45) is 2.99. The molecule has 0 bridgehead atoms. The van der Waals surface area contributed by atoms with Gasteiger partial charge in [0.1, 0.15) is 5.82 Å². The van der Waals surface area contributed by atoms with Gasteiger partial charge in [-0.05, 0) is 43.0 Å². The summed E-state index contributed by atoms with van der Waals surface area (Å²) in [5.41, 5.74) is 1.25. The maximum Gasteiger partial charge on any atom is 0.272 e. The number of methoxy groups -OCH3 is 1. The van der Waals surface area contributed by atoms with E-state index in [0.29, 0.717) is 30.6 Å². The van der Waals surface area contributed by atoms with E-state index in [4.69, 9.17) is 4.74 Å². The molecule has 1 unspecified atom stereocenters. The zero-order valence-corrected chi connectivity index (χ0v) is 16.9. The first-order valence-electron chi connectivity index (χ1n) is 10.1. The summed E-state index contributed by atoms with van der Waals surface area (Å²) >= 11 is 0. The van der Waals surface area contributed by atoms with Gasteiger partial charge in [-0.25, -0.2) is 9.49 Å². The highest BCUT2D eigenvalue weighted by atomic mass is 19.1. The molecule has 3 aromatic rings. The molecule has 2 heterocycles. The Morgan fingerprint density at radius 2 is 2.00 bits per heavy atom. The van der Waals surface area contributed by atoms with Crippen molar-refractivity contribution in [1.82, 2.24) is 15.1 Å². The van der Waals surface area contributed by atoms with Crippen LogP contribution < -0.4 is 5.56 Å². The first kappa shape index (κ1) is 20.2. The Morgan fingerprint density at radius 1 is 1.20 bits per heavy atom. The lowest BCUT2D eigenvalue weighted by atomic mass is 10.0. The lowest BCUT2D eigenvalue weighted by molar-refractivity contribution is 0.0719. The van der Waals surface area contributed by atoms with Gasteiger partial charge in [-0.15, -0.1) is 0 Å². The highest BCUT2D eigenvalue weighted by Crippen LogP contribution is 2.21. The van der Waals surface area contributed by atoms with E-state index in [2.05, 4.69) is 10.2 Å². The second kappa shape index (κ2) is 8.75. The molecule has 1 saturated heterocycles. The maximum atomic E-state index is 14.5. The van der Waals surface area contributed by atoms with Crippen molar-refractivity contribution in [2.45, 2.75) is 31.8 Å². The number of aromatic amines is 1. The Hall–Kier alpha value is -3.06. The van der Waals surface area contributed by atoms with Gasteiger partial charge in [0, 0.05) is 32.0 Å². The van der Waals surface area contributed by atoms with Crippen LogP contribution in [0.4, 0.5) is 4.39 Å². The van der Waals surface area contributed by atoms with Crippen molar-refractivity contribution < 1.29 is 13.9 Å². The largest absolute Gasteiger partial charge is 0.381 e. The molecular formula is C23H24FN3O3. The molecule has 7 heteroatoms. The minimum Gasteiger partial charge on any atom is -0.381 e. The Morgan fingerprint density at radius 3 is 2.80 bits per heavy atom. The number of carbonyl (C=O) groups is 1. The van der Waals surface area contributed by atoms with Crippen LogP contribution >= 0.6 is 0 Å². The molecule has 0 radical (unpaired) electrons. The number of aromatic nitrogens is 2. The van der Waals surface area contributed by atoms with Crippen LogP contribution in [0.1, 0.15) is 40.9 Å². The average molecular weight is 409 g/mol. The van der Waals surface area contributed by atoms with E-state index >= 15 is 0 Å². The molecule has 1 aliphatic rings. The molecule has 2 aromatic carbocycles. The van der Waals surface area contributed by atoms with Crippen molar-refractivity contribution in [2.24, 2.45) is 0 Å². The van der Waals surface area contributed by atoms with Crippen LogP contribution in [-0.4, -0.2) is 47.3 Å². The SMILES string of the molecule is COC1CCCN(C(=O)c2cc(Cc3n[nH]c(=O)c4ccccc34)ccc2F)CC1. The number of likely N-dealkylation sites (tertiary alicyclic amines) is 1. The van der Waals surface area contributed by atoms with E-state index in [1.54, 1.807) is 36.3 Å². The number of H-pyrrole nitrogens is 1. The maximum absolute atomic E-state index is 14.5.